The smallest absolute Gasteiger partial charge is 0.435 e. The Morgan fingerprint density at radius 1 is 1.62 bits per heavy atom. The summed E-state index contributed by atoms with van der Waals surface area (Å²) in [5, 5.41) is 10.4. The molecule has 2 aromatic rings. The lowest BCUT2D eigenvalue weighted by molar-refractivity contribution is -0.0977. The van der Waals surface area contributed by atoms with Gasteiger partial charge in [-0.05, 0) is 6.92 Å². The van der Waals surface area contributed by atoms with Crippen molar-refractivity contribution in [3.05, 3.63) is 12.4 Å². The Hall–Kier alpha value is -2.97. The predicted molar refractivity (Wildman–Crippen MR) is 85.0 cm³/mol. The minimum absolute atomic E-state index is 0.0351. The average Bonchev–Trinajstić information content (AvgIpc) is 3.15. The number of nitrogens with zero attached hydrogens (tertiary/aromatic N) is 4. The van der Waals surface area contributed by atoms with E-state index >= 15 is 0 Å². The van der Waals surface area contributed by atoms with Crippen molar-refractivity contribution < 1.29 is 28.5 Å². The number of hydrogen-bond donors (Lipinski definition) is 2. The molecule has 1 saturated heterocycles. The largest absolute Gasteiger partial charge is 0.508 e. The third kappa shape index (κ3) is 3.00. The second-order valence-corrected chi connectivity index (χ2v) is 5.53. The highest BCUT2D eigenvalue weighted by atomic mass is 19.1. The van der Waals surface area contributed by atoms with Gasteiger partial charge in [0.2, 0.25) is 0 Å². The van der Waals surface area contributed by atoms with Gasteiger partial charge >= 0.3 is 12.2 Å². The molecule has 0 radical (unpaired) electrons. The van der Waals surface area contributed by atoms with Gasteiger partial charge in [0.15, 0.2) is 22.6 Å². The molecule has 11 heteroatoms. The zero-order valence-corrected chi connectivity index (χ0v) is 13.8. The van der Waals surface area contributed by atoms with Crippen LogP contribution in [0.15, 0.2) is 6.33 Å². The molecule has 2 aromatic heterocycles. The Balaban J connectivity index is 1.86. The molecule has 3 atom stereocenters. The molecule has 0 aliphatic carbocycles. The van der Waals surface area contributed by atoms with Gasteiger partial charge < -0.3 is 25.1 Å². The summed E-state index contributed by atoms with van der Waals surface area (Å²) < 4.78 is 30.2. The molecule has 10 nitrogen and oxygen atoms in total. The first-order valence-electron chi connectivity index (χ1n) is 7.69. The van der Waals surface area contributed by atoms with Gasteiger partial charge in [0.25, 0.3) is 0 Å². The number of anilines is 1. The van der Waals surface area contributed by atoms with Gasteiger partial charge in [-0.25, -0.2) is 9.78 Å². The van der Waals surface area contributed by atoms with Crippen LogP contribution in [0.1, 0.15) is 19.6 Å². The first kappa shape index (κ1) is 17.8. The van der Waals surface area contributed by atoms with Gasteiger partial charge in [0.05, 0.1) is 12.9 Å². The molecule has 0 amide bonds. The fourth-order valence-corrected chi connectivity index (χ4v) is 2.67. The highest BCUT2D eigenvalue weighted by molar-refractivity contribution is 5.81. The van der Waals surface area contributed by atoms with Crippen molar-refractivity contribution in [1.82, 2.24) is 19.5 Å². The zero-order chi connectivity index (χ0) is 18.9. The van der Waals surface area contributed by atoms with Crippen LogP contribution in [0.3, 0.4) is 0 Å². The minimum atomic E-state index is -1.59. The molecule has 0 aromatic carbocycles. The van der Waals surface area contributed by atoms with Crippen molar-refractivity contribution in [1.29, 1.82) is 0 Å². The third-order valence-corrected chi connectivity index (χ3v) is 3.95. The van der Waals surface area contributed by atoms with Crippen LogP contribution in [-0.4, -0.2) is 55.7 Å². The van der Waals surface area contributed by atoms with E-state index in [9.17, 15) is 14.3 Å². The van der Waals surface area contributed by atoms with E-state index in [4.69, 9.17) is 21.6 Å². The molecule has 1 fully saturated rings. The number of imidazole rings is 1. The number of halogens is 1. The quantitative estimate of drug-likeness (QED) is 0.447. The number of aliphatic hydroxyl groups is 1. The van der Waals surface area contributed by atoms with Gasteiger partial charge in [-0.1, -0.05) is 5.92 Å². The van der Waals surface area contributed by atoms with E-state index in [1.54, 1.807) is 6.92 Å². The van der Waals surface area contributed by atoms with Crippen molar-refractivity contribution in [2.75, 3.05) is 18.9 Å². The van der Waals surface area contributed by atoms with E-state index < -0.39 is 36.8 Å². The second kappa shape index (κ2) is 6.74. The van der Waals surface area contributed by atoms with E-state index in [0.717, 1.165) is 0 Å². The summed E-state index contributed by atoms with van der Waals surface area (Å²) >= 11 is 0. The van der Waals surface area contributed by atoms with Crippen LogP contribution in [0.25, 0.3) is 11.2 Å². The second-order valence-electron chi connectivity index (χ2n) is 5.53. The molecule has 0 saturated carbocycles. The van der Waals surface area contributed by atoms with Crippen LogP contribution in [0.2, 0.25) is 0 Å². The van der Waals surface area contributed by atoms with Gasteiger partial charge in [-0.2, -0.15) is 14.4 Å². The van der Waals surface area contributed by atoms with Crippen LogP contribution in [0, 0.1) is 18.4 Å². The molecule has 0 unspecified atom stereocenters. The number of terminal acetylenes is 1. The molecule has 3 rings (SSSR count). The molecule has 3 N–H and O–H groups in total. The third-order valence-electron chi connectivity index (χ3n) is 3.95. The Bertz CT molecular complexity index is 881. The number of aromatic nitrogens is 4. The Labute approximate surface area is 147 Å². The molecular formula is C15H16FN5O5. The lowest BCUT2D eigenvalue weighted by Crippen LogP contribution is -2.43. The molecule has 0 bridgehead atoms. The van der Waals surface area contributed by atoms with Crippen molar-refractivity contribution >= 4 is 23.1 Å². The summed E-state index contributed by atoms with van der Waals surface area (Å²) in [6.07, 6.45) is 2.91. The van der Waals surface area contributed by atoms with Crippen LogP contribution >= 0.6 is 0 Å². The first-order chi connectivity index (χ1) is 12.4. The highest BCUT2D eigenvalue weighted by Crippen LogP contribution is 2.38. The topological polar surface area (TPSA) is 135 Å². The van der Waals surface area contributed by atoms with Crippen molar-refractivity contribution in [3.63, 3.8) is 0 Å². The number of aliphatic hydroxyl groups excluding tert-OH is 1. The maximum atomic E-state index is 13.5. The van der Waals surface area contributed by atoms with Gasteiger partial charge in [-0.15, -0.1) is 6.42 Å². The Kier molecular flexibility index (Phi) is 4.62. The van der Waals surface area contributed by atoms with Crippen LogP contribution in [0.5, 0.6) is 0 Å². The molecule has 26 heavy (non-hydrogen) atoms. The van der Waals surface area contributed by atoms with Crippen molar-refractivity contribution in [2.24, 2.45) is 0 Å². The lowest BCUT2D eigenvalue weighted by atomic mass is 9.99. The molecule has 1 aliphatic rings. The van der Waals surface area contributed by atoms with Gasteiger partial charge in [0, 0.05) is 6.42 Å². The van der Waals surface area contributed by atoms with Crippen LogP contribution in [0.4, 0.5) is 15.0 Å². The summed E-state index contributed by atoms with van der Waals surface area (Å²) in [6.45, 7) is 1.33. The molecule has 3 heterocycles. The van der Waals surface area contributed by atoms with Gasteiger partial charge in [0.1, 0.15) is 18.9 Å². The number of nitrogens with two attached hydrogens (primary N) is 1. The van der Waals surface area contributed by atoms with Crippen molar-refractivity contribution in [3.8, 4) is 12.3 Å². The molecular weight excluding hydrogens is 349 g/mol. The average molecular weight is 365 g/mol. The van der Waals surface area contributed by atoms with E-state index in [-0.39, 0.29) is 30.0 Å². The molecule has 1 aliphatic heterocycles. The highest BCUT2D eigenvalue weighted by Gasteiger charge is 2.49. The fraction of sp³-hybridized carbons (Fsp3) is 0.467. The Morgan fingerprint density at radius 2 is 2.38 bits per heavy atom. The normalized spacial score (nSPS) is 25.2. The van der Waals surface area contributed by atoms with E-state index in [0.29, 0.717) is 0 Å². The van der Waals surface area contributed by atoms with Crippen LogP contribution < -0.4 is 5.73 Å². The Morgan fingerprint density at radius 3 is 3.08 bits per heavy atom. The maximum Gasteiger partial charge on any atom is 0.508 e. The number of carbonyl (C=O) groups is 1. The number of carbonyl (C=O) groups excluding carboxylic acids is 1. The standard InChI is InChI=1S/C15H16FN5O5/c1-3-15(6-25-14(23)24-4-2)8(22)5-9(26-15)21-7-18-10-11(17)19-13(16)20-12(10)21/h1,7-9,22H,4-6H2,2H3,(H2,17,19,20)/t8-,9-,15-/m1/s1. The van der Waals surface area contributed by atoms with Gasteiger partial charge in [-0.3, -0.25) is 4.57 Å². The summed E-state index contributed by atoms with van der Waals surface area (Å²) in [6, 6.07) is 0. The molecule has 0 spiro atoms. The summed E-state index contributed by atoms with van der Waals surface area (Å²) in [5.74, 6) is 2.19. The number of ether oxygens (including phenoxy) is 3. The monoisotopic (exact) mass is 365 g/mol. The fourth-order valence-electron chi connectivity index (χ4n) is 2.67. The van der Waals surface area contributed by atoms with E-state index in [2.05, 4.69) is 25.6 Å². The first-order valence-corrected chi connectivity index (χ1v) is 7.69. The number of hydrogen-bond acceptors (Lipinski definition) is 9. The van der Waals surface area contributed by atoms with E-state index in [1.165, 1.54) is 10.9 Å². The maximum absolute atomic E-state index is 13.5. The van der Waals surface area contributed by atoms with Crippen LogP contribution in [-0.2, 0) is 14.2 Å². The molecule has 138 valence electrons. The minimum Gasteiger partial charge on any atom is -0.435 e. The summed E-state index contributed by atoms with van der Waals surface area (Å²) in [4.78, 5) is 22.5. The van der Waals surface area contributed by atoms with E-state index in [1.807, 2.05) is 0 Å². The van der Waals surface area contributed by atoms with Crippen molar-refractivity contribution in [2.45, 2.75) is 31.3 Å². The SMILES string of the molecule is C#C[C@]1(COC(=O)OCC)O[C@@H](n2cnc3c(N)nc(F)nc32)C[C@H]1O. The zero-order valence-electron chi connectivity index (χ0n) is 13.8. The summed E-state index contributed by atoms with van der Waals surface area (Å²) in [5.41, 5.74) is 4.31. The number of nitrogen functional groups attached to an aromatic ring is 1. The number of fused-ring (bicyclic) bond motifs is 1. The number of rotatable bonds is 4. The summed E-state index contributed by atoms with van der Waals surface area (Å²) in [7, 11) is 0. The predicted octanol–water partition coefficient (Wildman–Crippen LogP) is 0.372. The lowest BCUT2D eigenvalue weighted by Gasteiger charge is -2.25.